The van der Waals surface area contributed by atoms with Crippen molar-refractivity contribution in [3.8, 4) is 0 Å². The van der Waals surface area contributed by atoms with E-state index in [9.17, 15) is 18.4 Å². The van der Waals surface area contributed by atoms with E-state index >= 15 is 0 Å². The van der Waals surface area contributed by atoms with Gasteiger partial charge in [-0.05, 0) is 30.7 Å². The highest BCUT2D eigenvalue weighted by molar-refractivity contribution is 5.97. The Hall–Kier alpha value is -3.50. The van der Waals surface area contributed by atoms with Crippen LogP contribution in [0.3, 0.4) is 0 Å². The summed E-state index contributed by atoms with van der Waals surface area (Å²) in [5, 5.41) is 3.45. The number of fused-ring (bicyclic) bond motifs is 1. The number of aromatic nitrogens is 3. The van der Waals surface area contributed by atoms with Crippen LogP contribution in [0.25, 0.3) is 0 Å². The molecule has 2 aromatic heterocycles. The highest BCUT2D eigenvalue weighted by Crippen LogP contribution is 2.40. The second-order valence-corrected chi connectivity index (χ2v) is 10.9. The molecule has 2 aliphatic rings. The highest BCUT2D eigenvalue weighted by Gasteiger charge is 2.40. The minimum absolute atomic E-state index is 0. The van der Waals surface area contributed by atoms with E-state index in [1.807, 2.05) is 6.07 Å². The summed E-state index contributed by atoms with van der Waals surface area (Å²) in [5.74, 6) is -1.28. The zero-order chi connectivity index (χ0) is 27.0. The number of carbonyl (C=O) groups excluding carboxylic acids is 1. The van der Waals surface area contributed by atoms with Crippen molar-refractivity contribution in [2.45, 2.75) is 58.7 Å². The Morgan fingerprint density at radius 1 is 1.21 bits per heavy atom. The lowest BCUT2D eigenvalue weighted by molar-refractivity contribution is -0.120. The number of carbonyl (C=O) groups is 1. The maximum atomic E-state index is 14.3. The predicted molar refractivity (Wildman–Crippen MR) is 147 cm³/mol. The second kappa shape index (κ2) is 11.3. The van der Waals surface area contributed by atoms with Gasteiger partial charge in [0.25, 0.3) is 0 Å². The lowest BCUT2D eigenvalue weighted by Gasteiger charge is -2.39. The van der Waals surface area contributed by atoms with Gasteiger partial charge in [-0.15, -0.1) is 0 Å². The zero-order valence-electron chi connectivity index (χ0n) is 21.8. The number of anilines is 1. The van der Waals surface area contributed by atoms with E-state index in [4.69, 9.17) is 0 Å². The quantitative estimate of drug-likeness (QED) is 0.519. The molecule has 1 N–H and O–H groups in total. The molecule has 5 rings (SSSR count). The van der Waals surface area contributed by atoms with Gasteiger partial charge in [0.1, 0.15) is 11.6 Å². The molecule has 1 amide bonds. The normalized spacial score (nSPS) is 20.4. The van der Waals surface area contributed by atoms with E-state index in [0.29, 0.717) is 37.4 Å². The Morgan fingerprint density at radius 3 is 2.74 bits per heavy atom. The number of hydrogen-bond donors (Lipinski definition) is 1. The third-order valence-corrected chi connectivity index (χ3v) is 7.46. The van der Waals surface area contributed by atoms with Crippen molar-refractivity contribution in [1.29, 1.82) is 0 Å². The van der Waals surface area contributed by atoms with E-state index in [2.05, 4.69) is 41.0 Å². The van der Waals surface area contributed by atoms with Crippen LogP contribution >= 0.6 is 0 Å². The van der Waals surface area contributed by atoms with Gasteiger partial charge >= 0.3 is 5.69 Å². The van der Waals surface area contributed by atoms with Crippen LogP contribution in [-0.4, -0.2) is 63.6 Å². The topological polar surface area (TPSA) is 83.4 Å². The summed E-state index contributed by atoms with van der Waals surface area (Å²) in [4.78, 5) is 38.3. The van der Waals surface area contributed by atoms with Crippen LogP contribution in [0.5, 0.6) is 0 Å². The minimum atomic E-state index is -0.624. The number of piperazine rings is 1. The van der Waals surface area contributed by atoms with E-state index in [-0.39, 0.29) is 49.5 Å². The first-order valence-electron chi connectivity index (χ1n) is 12.8. The van der Waals surface area contributed by atoms with Gasteiger partial charge in [0, 0.05) is 86.0 Å². The number of pyridine rings is 1. The Morgan fingerprint density at radius 2 is 2.00 bits per heavy atom. The molecule has 2 atom stereocenters. The van der Waals surface area contributed by atoms with Crippen molar-refractivity contribution < 1.29 is 13.6 Å². The van der Waals surface area contributed by atoms with Gasteiger partial charge in [0.2, 0.25) is 5.91 Å². The van der Waals surface area contributed by atoms with Gasteiger partial charge < -0.3 is 10.2 Å². The molecule has 2 aliphatic heterocycles. The van der Waals surface area contributed by atoms with Crippen LogP contribution in [0.15, 0.2) is 53.7 Å². The zero-order valence-corrected chi connectivity index (χ0v) is 21.8. The minimum Gasteiger partial charge on any atom is -0.311 e. The molecule has 4 heterocycles. The molecular formula is C29H36F2N6O2. The number of benzene rings is 1. The molecule has 39 heavy (non-hydrogen) atoms. The number of hydrogen-bond acceptors (Lipinski definition) is 6. The van der Waals surface area contributed by atoms with Crippen LogP contribution in [-0.2, 0) is 23.2 Å². The summed E-state index contributed by atoms with van der Waals surface area (Å²) >= 11 is 0. The average Bonchev–Trinajstić information content (AvgIpc) is 3.14. The number of nitrogens with one attached hydrogen (secondary N) is 1. The molecule has 0 saturated carbocycles. The predicted octanol–water partition coefficient (Wildman–Crippen LogP) is 3.13. The summed E-state index contributed by atoms with van der Waals surface area (Å²) in [7, 11) is 0. The molecule has 1 fully saturated rings. The molecule has 8 nitrogen and oxygen atoms in total. The van der Waals surface area contributed by atoms with Gasteiger partial charge in [0.05, 0.1) is 12.2 Å². The average molecular weight is 539 g/mol. The Bertz CT molecular complexity index is 1410. The molecular weight excluding hydrogens is 502 g/mol. The van der Waals surface area contributed by atoms with Crippen LogP contribution in [0.4, 0.5) is 14.5 Å². The van der Waals surface area contributed by atoms with Crippen molar-refractivity contribution in [2.24, 2.45) is 0 Å². The first-order valence-corrected chi connectivity index (χ1v) is 12.8. The third-order valence-electron chi connectivity index (χ3n) is 7.46. The fourth-order valence-corrected chi connectivity index (χ4v) is 5.39. The van der Waals surface area contributed by atoms with Gasteiger partial charge in [-0.2, -0.15) is 0 Å². The summed E-state index contributed by atoms with van der Waals surface area (Å²) in [6.45, 7) is 8.67. The first kappa shape index (κ1) is 28.5. The summed E-state index contributed by atoms with van der Waals surface area (Å²) in [6.07, 6.45) is 5.15. The van der Waals surface area contributed by atoms with Crippen LogP contribution in [0, 0.1) is 11.6 Å². The summed E-state index contributed by atoms with van der Waals surface area (Å²) < 4.78 is 29.2. The Kier molecular flexibility index (Phi) is 8.27. The Balaban J connectivity index is 0.00000353. The maximum Gasteiger partial charge on any atom is 0.347 e. The van der Waals surface area contributed by atoms with Crippen molar-refractivity contribution in [3.63, 3.8) is 0 Å². The maximum absolute atomic E-state index is 14.3. The largest absolute Gasteiger partial charge is 0.347 e. The van der Waals surface area contributed by atoms with Crippen molar-refractivity contribution in [3.05, 3.63) is 87.9 Å². The van der Waals surface area contributed by atoms with Gasteiger partial charge in [-0.1, -0.05) is 27.3 Å². The van der Waals surface area contributed by atoms with Crippen LogP contribution < -0.4 is 15.9 Å². The smallest absolute Gasteiger partial charge is 0.311 e. The van der Waals surface area contributed by atoms with Crippen molar-refractivity contribution in [1.82, 2.24) is 24.8 Å². The summed E-state index contributed by atoms with van der Waals surface area (Å²) in [6, 6.07) is 7.24. The standard InChI is InChI=1S/C28H32F2N6O2.CH4/c1-18-14-35(22(12-32-18)15-34-8-4-7-31-27(34)38)16-26(37)36-17-28(2,3)23-13-33-21(11-25(23)36)9-19-5-6-20(29)10-24(19)30;/h4-8,10-11,13,18,22,32H,9,12,14-17H2,1-3H3;1H4/t18-,22-;/m1./s1. The van der Waals surface area contributed by atoms with Gasteiger partial charge in [-0.25, -0.2) is 18.6 Å². The number of amides is 1. The van der Waals surface area contributed by atoms with Crippen molar-refractivity contribution in [2.75, 3.05) is 31.1 Å². The molecule has 0 bridgehead atoms. The van der Waals surface area contributed by atoms with Gasteiger partial charge in [0.15, 0.2) is 0 Å². The molecule has 3 aromatic rings. The number of halogens is 2. The molecule has 0 aliphatic carbocycles. The lowest BCUT2D eigenvalue weighted by atomic mass is 9.88. The molecule has 1 aromatic carbocycles. The molecule has 0 spiro atoms. The van der Waals surface area contributed by atoms with Gasteiger partial charge in [-0.3, -0.25) is 19.2 Å². The monoisotopic (exact) mass is 538 g/mol. The molecule has 0 radical (unpaired) electrons. The van der Waals surface area contributed by atoms with E-state index in [1.54, 1.807) is 27.9 Å². The van der Waals surface area contributed by atoms with E-state index in [0.717, 1.165) is 17.3 Å². The van der Waals surface area contributed by atoms with Crippen LogP contribution in [0.1, 0.15) is 45.0 Å². The van der Waals surface area contributed by atoms with E-state index in [1.165, 1.54) is 18.3 Å². The molecule has 10 heteroatoms. The first-order chi connectivity index (χ1) is 18.1. The molecule has 1 saturated heterocycles. The fourth-order valence-electron chi connectivity index (χ4n) is 5.39. The third kappa shape index (κ3) is 6.07. The molecule has 208 valence electrons. The van der Waals surface area contributed by atoms with Crippen LogP contribution in [0.2, 0.25) is 0 Å². The van der Waals surface area contributed by atoms with Crippen molar-refractivity contribution >= 4 is 11.6 Å². The highest BCUT2D eigenvalue weighted by atomic mass is 19.1. The second-order valence-electron chi connectivity index (χ2n) is 10.9. The summed E-state index contributed by atoms with van der Waals surface area (Å²) in [5.41, 5.74) is 2.07. The number of nitrogens with zero attached hydrogens (tertiary/aromatic N) is 5. The lowest BCUT2D eigenvalue weighted by Crippen LogP contribution is -2.59. The van der Waals surface area contributed by atoms with E-state index < -0.39 is 11.6 Å². The molecule has 0 unspecified atom stereocenters. The SMILES string of the molecule is C.C[C@@H]1CN(CC(=O)N2CC(C)(C)c3cnc(Cc4ccc(F)cc4F)cc32)[C@@H](Cn2cccnc2=O)CN1. The fraction of sp³-hybridized carbons (Fsp3) is 0.448. The Labute approximate surface area is 227 Å². The number of rotatable bonds is 6.